The van der Waals surface area contributed by atoms with Crippen molar-refractivity contribution in [1.82, 2.24) is 0 Å². The fourth-order valence-electron chi connectivity index (χ4n) is 1.03. The number of anilines is 1. The predicted octanol–water partition coefficient (Wildman–Crippen LogP) is 2.26. The van der Waals surface area contributed by atoms with Crippen molar-refractivity contribution in [3.05, 3.63) is 35.9 Å². The zero-order valence-corrected chi connectivity index (χ0v) is 8.66. The van der Waals surface area contributed by atoms with E-state index in [0.717, 1.165) is 11.3 Å². The van der Waals surface area contributed by atoms with Gasteiger partial charge in [-0.05, 0) is 30.7 Å². The van der Waals surface area contributed by atoms with Gasteiger partial charge in [0.2, 0.25) is 0 Å². The Labute approximate surface area is 89.8 Å². The van der Waals surface area contributed by atoms with Crippen molar-refractivity contribution in [2.45, 2.75) is 13.3 Å². The van der Waals surface area contributed by atoms with Gasteiger partial charge in [0.15, 0.2) is 5.78 Å². The maximum absolute atomic E-state index is 11.2. The van der Waals surface area contributed by atoms with Gasteiger partial charge in [-0.2, -0.15) is 0 Å². The van der Waals surface area contributed by atoms with Crippen LogP contribution in [0.15, 0.2) is 30.3 Å². The molecule has 0 aliphatic heterocycles. The zero-order valence-electron chi connectivity index (χ0n) is 8.66. The number of ketones is 1. The monoisotopic (exact) mass is 199 g/mol. The molecule has 2 N–H and O–H groups in total. The van der Waals surface area contributed by atoms with Crippen LogP contribution in [0.3, 0.4) is 0 Å². The topological polar surface area (TPSA) is 43.1 Å². The molecule has 0 unspecified atom stereocenters. The second-order valence-electron chi connectivity index (χ2n) is 3.07. The minimum absolute atomic E-state index is 0.0150. The van der Waals surface area contributed by atoms with Crippen LogP contribution in [0.5, 0.6) is 0 Å². The van der Waals surface area contributed by atoms with Gasteiger partial charge in [0.25, 0.3) is 0 Å². The van der Waals surface area contributed by atoms with E-state index in [-0.39, 0.29) is 12.2 Å². The van der Waals surface area contributed by atoms with E-state index in [1.54, 1.807) is 25.1 Å². The number of rotatable bonds is 3. The Morgan fingerprint density at radius 3 is 2.67 bits per heavy atom. The summed E-state index contributed by atoms with van der Waals surface area (Å²) in [6.07, 6.45) is 3.58. The molecule has 0 fully saturated rings. The third kappa shape index (κ3) is 4.15. The van der Waals surface area contributed by atoms with Crippen LogP contribution >= 0.6 is 0 Å². The Hall–Kier alpha value is -2.01. The number of carbonyl (C=O) groups is 1. The molecule has 0 saturated heterocycles. The Morgan fingerprint density at radius 2 is 2.07 bits per heavy atom. The minimum atomic E-state index is 0.0150. The first-order valence-electron chi connectivity index (χ1n) is 4.68. The summed E-state index contributed by atoms with van der Waals surface area (Å²) in [7, 11) is 0. The maximum atomic E-state index is 11.2. The van der Waals surface area contributed by atoms with E-state index < -0.39 is 0 Å². The van der Waals surface area contributed by atoms with Crippen LogP contribution in [-0.2, 0) is 4.79 Å². The van der Waals surface area contributed by atoms with Gasteiger partial charge in [-0.1, -0.05) is 24.1 Å². The highest BCUT2D eigenvalue weighted by molar-refractivity contribution is 5.95. The van der Waals surface area contributed by atoms with Gasteiger partial charge in [0.05, 0.1) is 6.42 Å². The molecule has 0 aliphatic rings. The Balaban J connectivity index is 2.60. The molecule has 1 rings (SSSR count). The van der Waals surface area contributed by atoms with E-state index in [9.17, 15) is 4.79 Å². The summed E-state index contributed by atoms with van der Waals surface area (Å²) in [6, 6.07) is 7.33. The zero-order chi connectivity index (χ0) is 11.1. The Bertz CT molecular complexity index is 418. The van der Waals surface area contributed by atoms with Crippen LogP contribution in [0.4, 0.5) is 5.69 Å². The van der Waals surface area contributed by atoms with E-state index in [1.165, 1.54) is 6.08 Å². The molecule has 1 aromatic carbocycles. The van der Waals surface area contributed by atoms with Crippen molar-refractivity contribution >= 4 is 17.5 Å². The van der Waals surface area contributed by atoms with Crippen LogP contribution in [0.2, 0.25) is 0 Å². The number of hydrogen-bond acceptors (Lipinski definition) is 2. The Morgan fingerprint density at radius 1 is 1.40 bits per heavy atom. The molecule has 0 saturated carbocycles. The van der Waals surface area contributed by atoms with E-state index in [4.69, 9.17) is 5.73 Å². The lowest BCUT2D eigenvalue weighted by Crippen LogP contribution is -1.89. The first-order valence-corrected chi connectivity index (χ1v) is 4.68. The number of nitrogens with two attached hydrogens (primary N) is 1. The molecule has 0 heterocycles. The fourth-order valence-corrected chi connectivity index (χ4v) is 1.03. The quantitative estimate of drug-likeness (QED) is 0.461. The molecule has 0 atom stereocenters. The SMILES string of the molecule is CC#CCC(=O)/C=C/c1ccc(N)cc1. The normalized spacial score (nSPS) is 9.67. The van der Waals surface area contributed by atoms with E-state index in [0.29, 0.717) is 0 Å². The first-order chi connectivity index (χ1) is 7.22. The summed E-state index contributed by atoms with van der Waals surface area (Å²) in [5, 5.41) is 0. The highest BCUT2D eigenvalue weighted by Crippen LogP contribution is 2.07. The molecule has 1 aromatic rings. The number of allylic oxidation sites excluding steroid dienone is 1. The minimum Gasteiger partial charge on any atom is -0.399 e. The predicted molar refractivity (Wildman–Crippen MR) is 63.0 cm³/mol. The number of benzene rings is 1. The first kappa shape index (κ1) is 11.1. The lowest BCUT2D eigenvalue weighted by Gasteiger charge is -1.93. The van der Waals surface area contributed by atoms with Gasteiger partial charge >= 0.3 is 0 Å². The molecule has 2 heteroatoms. The van der Waals surface area contributed by atoms with Gasteiger partial charge in [0, 0.05) is 5.69 Å². The fraction of sp³-hybridized carbons (Fsp3) is 0.154. The lowest BCUT2D eigenvalue weighted by atomic mass is 10.1. The van der Waals surface area contributed by atoms with Crippen LogP contribution < -0.4 is 5.73 Å². The maximum Gasteiger partial charge on any atom is 0.167 e. The molecular weight excluding hydrogens is 186 g/mol. The van der Waals surface area contributed by atoms with Gasteiger partial charge in [-0.15, -0.1) is 5.92 Å². The lowest BCUT2D eigenvalue weighted by molar-refractivity contribution is -0.113. The highest BCUT2D eigenvalue weighted by atomic mass is 16.1. The molecule has 0 aliphatic carbocycles. The molecule has 2 nitrogen and oxygen atoms in total. The van der Waals surface area contributed by atoms with Crippen LogP contribution in [0.25, 0.3) is 6.08 Å². The van der Waals surface area contributed by atoms with E-state index in [1.807, 2.05) is 12.1 Å². The molecule has 0 amide bonds. The smallest absolute Gasteiger partial charge is 0.167 e. The average molecular weight is 199 g/mol. The van der Waals surface area contributed by atoms with Crippen molar-refractivity contribution in [3.63, 3.8) is 0 Å². The third-order valence-electron chi connectivity index (χ3n) is 1.84. The average Bonchev–Trinajstić information content (AvgIpc) is 2.25. The number of nitrogen functional groups attached to an aromatic ring is 1. The van der Waals surface area contributed by atoms with Crippen LogP contribution in [0, 0.1) is 11.8 Å². The second-order valence-corrected chi connectivity index (χ2v) is 3.07. The number of hydrogen-bond donors (Lipinski definition) is 1. The summed E-state index contributed by atoms with van der Waals surface area (Å²) in [5.74, 6) is 5.42. The molecule has 0 bridgehead atoms. The van der Waals surface area contributed by atoms with Crippen molar-refractivity contribution in [3.8, 4) is 11.8 Å². The van der Waals surface area contributed by atoms with Crippen molar-refractivity contribution in [2.75, 3.05) is 5.73 Å². The molecular formula is C13H13NO. The summed E-state index contributed by atoms with van der Waals surface area (Å²) in [4.78, 5) is 11.2. The summed E-state index contributed by atoms with van der Waals surface area (Å²) < 4.78 is 0. The van der Waals surface area contributed by atoms with E-state index >= 15 is 0 Å². The molecule has 0 radical (unpaired) electrons. The molecule has 76 valence electrons. The van der Waals surface area contributed by atoms with Crippen molar-refractivity contribution < 1.29 is 4.79 Å². The number of carbonyl (C=O) groups excluding carboxylic acids is 1. The van der Waals surface area contributed by atoms with Gasteiger partial charge < -0.3 is 5.73 Å². The van der Waals surface area contributed by atoms with Gasteiger partial charge in [0.1, 0.15) is 0 Å². The Kier molecular flexibility index (Phi) is 4.18. The van der Waals surface area contributed by atoms with Gasteiger partial charge in [-0.3, -0.25) is 4.79 Å². The molecule has 15 heavy (non-hydrogen) atoms. The summed E-state index contributed by atoms with van der Waals surface area (Å²) in [5.41, 5.74) is 7.22. The summed E-state index contributed by atoms with van der Waals surface area (Å²) >= 11 is 0. The largest absolute Gasteiger partial charge is 0.399 e. The van der Waals surface area contributed by atoms with Crippen LogP contribution in [0.1, 0.15) is 18.9 Å². The van der Waals surface area contributed by atoms with Crippen molar-refractivity contribution in [1.29, 1.82) is 0 Å². The highest BCUT2D eigenvalue weighted by Gasteiger charge is 1.92. The summed E-state index contributed by atoms with van der Waals surface area (Å²) in [6.45, 7) is 1.72. The van der Waals surface area contributed by atoms with Crippen LogP contribution in [-0.4, -0.2) is 5.78 Å². The second kappa shape index (κ2) is 5.66. The third-order valence-corrected chi connectivity index (χ3v) is 1.84. The van der Waals surface area contributed by atoms with Crippen molar-refractivity contribution in [2.24, 2.45) is 0 Å². The standard InChI is InChI=1S/C13H13NO/c1-2-3-4-13(15)10-7-11-5-8-12(14)9-6-11/h5-10H,4,14H2,1H3/b10-7+. The van der Waals surface area contributed by atoms with Gasteiger partial charge in [-0.25, -0.2) is 0 Å². The molecule has 0 spiro atoms. The molecule has 0 aromatic heterocycles. The van der Waals surface area contributed by atoms with E-state index in [2.05, 4.69) is 11.8 Å².